The molecule has 0 saturated heterocycles. The van der Waals surface area contributed by atoms with Crippen molar-refractivity contribution >= 4 is 46.1 Å². The first kappa shape index (κ1) is 18.0. The zero-order valence-electron chi connectivity index (χ0n) is 13.4. The van der Waals surface area contributed by atoms with Crippen molar-refractivity contribution in [1.82, 2.24) is 4.98 Å². The van der Waals surface area contributed by atoms with Crippen LogP contribution < -0.4 is 10.1 Å². The van der Waals surface area contributed by atoms with E-state index in [0.29, 0.717) is 27.4 Å². The molecule has 1 heterocycles. The molecule has 0 saturated carbocycles. The highest BCUT2D eigenvalue weighted by Gasteiger charge is 2.22. The quantitative estimate of drug-likeness (QED) is 0.793. The molecule has 2 aromatic rings. The maximum absolute atomic E-state index is 11.1. The van der Waals surface area contributed by atoms with Crippen molar-refractivity contribution in [2.24, 2.45) is 0 Å². The van der Waals surface area contributed by atoms with Crippen LogP contribution in [0.2, 0.25) is 9.36 Å². The summed E-state index contributed by atoms with van der Waals surface area (Å²) in [4.78, 5) is 15.6. The van der Waals surface area contributed by atoms with Crippen molar-refractivity contribution in [3.05, 3.63) is 38.3 Å². The molecule has 0 unspecified atom stereocenters. The summed E-state index contributed by atoms with van der Waals surface area (Å²) in [6.07, 6.45) is 0. The Hall–Kier alpha value is -1.30. The molecule has 7 heteroatoms. The monoisotopic (exact) mass is 372 g/mol. The molecule has 4 nitrogen and oxygen atoms in total. The largest absolute Gasteiger partial charge is 0.486 e. The van der Waals surface area contributed by atoms with Gasteiger partial charge >= 0.3 is 0 Å². The topological polar surface area (TPSA) is 51.2 Å². The Morgan fingerprint density at radius 3 is 2.57 bits per heavy atom. The molecular formula is C16H18Cl2N2O2S. The van der Waals surface area contributed by atoms with Crippen LogP contribution >= 0.6 is 34.5 Å². The Bertz CT molecular complexity index is 723. The molecular weight excluding hydrogens is 355 g/mol. The molecule has 0 bridgehead atoms. The zero-order chi connectivity index (χ0) is 17.2. The third-order valence-corrected chi connectivity index (χ3v) is 4.49. The molecule has 0 atom stereocenters. The van der Waals surface area contributed by atoms with E-state index >= 15 is 0 Å². The number of anilines is 1. The normalized spacial score (nSPS) is 11.4. The van der Waals surface area contributed by atoms with Crippen molar-refractivity contribution in [1.29, 1.82) is 0 Å². The average Bonchev–Trinajstić information content (AvgIpc) is 2.80. The molecule has 0 aliphatic heterocycles. The van der Waals surface area contributed by atoms with E-state index < -0.39 is 0 Å². The summed E-state index contributed by atoms with van der Waals surface area (Å²) < 4.78 is 6.40. The van der Waals surface area contributed by atoms with Gasteiger partial charge in [0.1, 0.15) is 21.7 Å². The molecule has 1 aromatic carbocycles. The van der Waals surface area contributed by atoms with E-state index in [1.54, 1.807) is 18.2 Å². The van der Waals surface area contributed by atoms with Crippen LogP contribution in [0.4, 0.5) is 5.69 Å². The first-order valence-corrected chi connectivity index (χ1v) is 8.59. The van der Waals surface area contributed by atoms with E-state index in [1.165, 1.54) is 18.3 Å². The summed E-state index contributed by atoms with van der Waals surface area (Å²) >= 11 is 13.8. The van der Waals surface area contributed by atoms with Gasteiger partial charge < -0.3 is 10.1 Å². The van der Waals surface area contributed by atoms with Gasteiger partial charge in [-0.25, -0.2) is 4.98 Å². The van der Waals surface area contributed by atoms with Crippen LogP contribution in [0.25, 0.3) is 0 Å². The van der Waals surface area contributed by atoms with Gasteiger partial charge in [-0.3, -0.25) is 4.79 Å². The highest BCUT2D eigenvalue weighted by Crippen LogP contribution is 2.34. The number of halogens is 2. The lowest BCUT2D eigenvalue weighted by atomic mass is 9.93. The predicted molar refractivity (Wildman–Crippen MR) is 95.9 cm³/mol. The molecule has 0 fully saturated rings. The van der Waals surface area contributed by atoms with Crippen molar-refractivity contribution in [3.8, 4) is 5.75 Å². The fourth-order valence-corrected chi connectivity index (χ4v) is 3.61. The van der Waals surface area contributed by atoms with Crippen LogP contribution in [0.5, 0.6) is 5.75 Å². The van der Waals surface area contributed by atoms with E-state index in [2.05, 4.69) is 31.1 Å². The summed E-state index contributed by atoms with van der Waals surface area (Å²) in [5, 5.41) is 3.88. The second-order valence-electron chi connectivity index (χ2n) is 6.09. The Labute approximate surface area is 149 Å². The molecule has 124 valence electrons. The molecule has 0 spiro atoms. The number of hydrogen-bond donors (Lipinski definition) is 1. The fourth-order valence-electron chi connectivity index (χ4n) is 1.89. The number of nitrogens with zero attached hydrogens (tertiary/aromatic N) is 1. The number of carbonyl (C=O) groups excluding carboxylic acids is 1. The van der Waals surface area contributed by atoms with Crippen LogP contribution in [0.1, 0.15) is 38.4 Å². The van der Waals surface area contributed by atoms with Crippen LogP contribution in [-0.4, -0.2) is 10.9 Å². The molecule has 1 amide bonds. The van der Waals surface area contributed by atoms with Gasteiger partial charge in [0.25, 0.3) is 0 Å². The predicted octanol–water partition coefficient (Wildman–Crippen LogP) is 5.28. The van der Waals surface area contributed by atoms with Crippen LogP contribution in [0, 0.1) is 0 Å². The second-order valence-corrected chi connectivity index (χ2v) is 8.18. The lowest BCUT2D eigenvalue weighted by Crippen LogP contribution is -2.12. The van der Waals surface area contributed by atoms with Gasteiger partial charge in [-0.1, -0.05) is 44.0 Å². The zero-order valence-corrected chi connectivity index (χ0v) is 15.7. The highest BCUT2D eigenvalue weighted by atomic mass is 35.5. The minimum Gasteiger partial charge on any atom is -0.486 e. The maximum Gasteiger partial charge on any atom is 0.221 e. The van der Waals surface area contributed by atoms with Crippen LogP contribution in [0.15, 0.2) is 18.2 Å². The summed E-state index contributed by atoms with van der Waals surface area (Å²) in [6, 6.07) is 5.11. The molecule has 1 aromatic heterocycles. The van der Waals surface area contributed by atoms with Gasteiger partial charge in [0.15, 0.2) is 0 Å². The van der Waals surface area contributed by atoms with Gasteiger partial charge in [0.2, 0.25) is 5.91 Å². The van der Waals surface area contributed by atoms with Crippen molar-refractivity contribution < 1.29 is 9.53 Å². The number of hydrogen-bond acceptors (Lipinski definition) is 4. The second kappa shape index (κ2) is 7.07. The van der Waals surface area contributed by atoms with Gasteiger partial charge in [0.05, 0.1) is 16.4 Å². The van der Waals surface area contributed by atoms with E-state index in [1.807, 2.05) is 0 Å². The van der Waals surface area contributed by atoms with Gasteiger partial charge in [-0.05, 0) is 12.1 Å². The minimum atomic E-state index is -0.173. The van der Waals surface area contributed by atoms with E-state index in [-0.39, 0.29) is 11.3 Å². The number of carbonyl (C=O) groups is 1. The fraction of sp³-hybridized carbons (Fsp3) is 0.375. The summed E-state index contributed by atoms with van der Waals surface area (Å²) in [6.45, 7) is 7.95. The van der Waals surface area contributed by atoms with Gasteiger partial charge in [0, 0.05) is 18.4 Å². The lowest BCUT2D eigenvalue weighted by Gasteiger charge is -2.15. The molecule has 1 N–H and O–H groups in total. The maximum atomic E-state index is 11.1. The van der Waals surface area contributed by atoms with E-state index in [0.717, 1.165) is 10.7 Å². The lowest BCUT2D eigenvalue weighted by molar-refractivity contribution is -0.114. The number of aromatic nitrogens is 1. The number of nitrogens with one attached hydrogen (secondary N) is 1. The van der Waals surface area contributed by atoms with Crippen molar-refractivity contribution in [2.45, 2.75) is 39.7 Å². The third-order valence-electron chi connectivity index (χ3n) is 2.95. The number of amides is 1. The van der Waals surface area contributed by atoms with E-state index in [9.17, 15) is 4.79 Å². The van der Waals surface area contributed by atoms with Crippen LogP contribution in [0.3, 0.4) is 0 Å². The Morgan fingerprint density at radius 2 is 2.04 bits per heavy atom. The molecule has 0 radical (unpaired) electrons. The number of ether oxygens (including phenoxy) is 1. The Kier molecular flexibility index (Phi) is 5.55. The first-order chi connectivity index (χ1) is 10.7. The smallest absolute Gasteiger partial charge is 0.221 e. The Morgan fingerprint density at radius 1 is 1.35 bits per heavy atom. The summed E-state index contributed by atoms with van der Waals surface area (Å²) in [7, 11) is 0. The van der Waals surface area contributed by atoms with Gasteiger partial charge in [-0.2, -0.15) is 0 Å². The number of rotatable bonds is 4. The molecule has 0 aliphatic carbocycles. The third kappa shape index (κ3) is 4.83. The standard InChI is InChI=1S/C16H18Cl2N2O2S/c1-9(21)19-12-6-5-10(7-11(12)17)22-8-13-20-14(15(18)23-13)16(2,3)4/h5-7H,8H2,1-4H3,(H,19,21). The highest BCUT2D eigenvalue weighted by molar-refractivity contribution is 7.16. The SMILES string of the molecule is CC(=O)Nc1ccc(OCc2nc(C(C)(C)C)c(Cl)s2)cc1Cl. The van der Waals surface area contributed by atoms with E-state index in [4.69, 9.17) is 27.9 Å². The van der Waals surface area contributed by atoms with Crippen molar-refractivity contribution in [3.63, 3.8) is 0 Å². The van der Waals surface area contributed by atoms with Gasteiger partial charge in [-0.15, -0.1) is 11.3 Å². The molecule has 2 rings (SSSR count). The molecule has 0 aliphatic rings. The first-order valence-electron chi connectivity index (χ1n) is 7.02. The summed E-state index contributed by atoms with van der Waals surface area (Å²) in [5.74, 6) is 0.431. The number of thiazole rings is 1. The number of benzene rings is 1. The molecule has 23 heavy (non-hydrogen) atoms. The minimum absolute atomic E-state index is 0.102. The van der Waals surface area contributed by atoms with Crippen LogP contribution in [-0.2, 0) is 16.8 Å². The van der Waals surface area contributed by atoms with Crippen molar-refractivity contribution in [2.75, 3.05) is 5.32 Å². The Balaban J connectivity index is 2.07. The summed E-state index contributed by atoms with van der Waals surface area (Å²) in [5.41, 5.74) is 1.33. The average molecular weight is 373 g/mol.